The molecule has 0 unspecified atom stereocenters. The van der Waals surface area contributed by atoms with Crippen molar-refractivity contribution in [3.8, 4) is 16.9 Å². The highest BCUT2D eigenvalue weighted by atomic mass is 19.1. The smallest absolute Gasteiger partial charge is 0.225 e. The number of aromatic hydroxyl groups is 1. The van der Waals surface area contributed by atoms with Crippen LogP contribution in [0.25, 0.3) is 22.0 Å². The minimum absolute atomic E-state index is 0.121. The van der Waals surface area contributed by atoms with E-state index in [1.165, 1.54) is 17.7 Å². The Morgan fingerprint density at radius 1 is 1.03 bits per heavy atom. The summed E-state index contributed by atoms with van der Waals surface area (Å²) in [5.41, 5.74) is 6.28. The van der Waals surface area contributed by atoms with Gasteiger partial charge < -0.3 is 15.4 Å². The maximum atomic E-state index is 14.0. The fourth-order valence-corrected chi connectivity index (χ4v) is 4.71. The van der Waals surface area contributed by atoms with E-state index >= 15 is 0 Å². The number of halogens is 1. The number of aryl methyl sites for hydroxylation is 1. The molecule has 5 rings (SSSR count). The van der Waals surface area contributed by atoms with Gasteiger partial charge in [0.25, 0.3) is 0 Å². The fourth-order valence-electron chi connectivity index (χ4n) is 4.71. The molecule has 1 atom stereocenters. The molecule has 2 aromatic heterocycles. The molecule has 1 amide bonds. The number of carbonyl (C=O) groups is 1. The average molecular weight is 494 g/mol. The number of hydrogen-bond acceptors (Lipinski definition) is 3. The summed E-state index contributed by atoms with van der Waals surface area (Å²) in [7, 11) is 0. The van der Waals surface area contributed by atoms with Gasteiger partial charge in [-0.25, -0.2) is 4.39 Å². The molecule has 5 aromatic rings. The van der Waals surface area contributed by atoms with Gasteiger partial charge in [-0.05, 0) is 71.5 Å². The summed E-state index contributed by atoms with van der Waals surface area (Å²) in [6.07, 6.45) is 4.95. The number of aromatic nitrogens is 2. The van der Waals surface area contributed by atoms with Gasteiger partial charge in [0.05, 0.1) is 18.2 Å². The number of pyridine rings is 1. The Bertz CT molecular complexity index is 1540. The lowest BCUT2D eigenvalue weighted by molar-refractivity contribution is -0.121. The van der Waals surface area contributed by atoms with E-state index in [0.717, 1.165) is 45.3 Å². The third-order valence-electron chi connectivity index (χ3n) is 6.61. The standard InChI is InChI=1S/C31H28FN3O2/c1-2-20-8-10-22(11-9-20)26-7-4-14-33-31(26)29(16-21-5-3-6-24(32)15-21)35-30(37)17-23-19-34-28-13-12-25(36)18-27(23)28/h3-15,18-19,29,34,36H,2,16-17H2,1H3,(H,35,37)/t29-/m0/s1. The van der Waals surface area contributed by atoms with Gasteiger partial charge in [-0.15, -0.1) is 0 Å². The topological polar surface area (TPSA) is 78.0 Å². The number of hydrogen-bond donors (Lipinski definition) is 3. The van der Waals surface area contributed by atoms with Gasteiger partial charge in [0.2, 0.25) is 5.91 Å². The lowest BCUT2D eigenvalue weighted by Crippen LogP contribution is -2.32. The highest BCUT2D eigenvalue weighted by molar-refractivity contribution is 5.90. The van der Waals surface area contributed by atoms with E-state index in [4.69, 9.17) is 0 Å². The lowest BCUT2D eigenvalue weighted by Gasteiger charge is -2.22. The minimum atomic E-state index is -0.477. The number of H-pyrrole nitrogens is 1. The maximum Gasteiger partial charge on any atom is 0.225 e. The third-order valence-corrected chi connectivity index (χ3v) is 6.61. The van der Waals surface area contributed by atoms with Crippen LogP contribution in [-0.2, 0) is 24.1 Å². The van der Waals surface area contributed by atoms with Crippen molar-refractivity contribution < 1.29 is 14.3 Å². The molecule has 0 saturated heterocycles. The molecule has 0 saturated carbocycles. The minimum Gasteiger partial charge on any atom is -0.508 e. The van der Waals surface area contributed by atoms with Gasteiger partial charge in [0.15, 0.2) is 0 Å². The Morgan fingerprint density at radius 2 is 1.86 bits per heavy atom. The normalized spacial score (nSPS) is 11.9. The van der Waals surface area contributed by atoms with E-state index < -0.39 is 6.04 Å². The van der Waals surface area contributed by atoms with Crippen LogP contribution in [0.5, 0.6) is 5.75 Å². The van der Waals surface area contributed by atoms with Crippen molar-refractivity contribution in [3.05, 3.63) is 119 Å². The predicted octanol–water partition coefficient (Wildman–Crippen LogP) is 6.28. The molecule has 186 valence electrons. The maximum absolute atomic E-state index is 14.0. The van der Waals surface area contributed by atoms with Crippen LogP contribution in [-0.4, -0.2) is 21.0 Å². The van der Waals surface area contributed by atoms with E-state index in [2.05, 4.69) is 46.5 Å². The molecule has 0 aliphatic heterocycles. The number of benzene rings is 3. The second-order valence-electron chi connectivity index (χ2n) is 9.16. The van der Waals surface area contributed by atoms with Gasteiger partial charge in [-0.3, -0.25) is 9.78 Å². The Labute approximate surface area is 215 Å². The molecule has 0 fully saturated rings. The number of carbonyl (C=O) groups excluding carboxylic acids is 1. The van der Waals surface area contributed by atoms with Crippen LogP contribution in [0.3, 0.4) is 0 Å². The Balaban J connectivity index is 1.48. The van der Waals surface area contributed by atoms with E-state index in [0.29, 0.717) is 6.42 Å². The summed E-state index contributed by atoms with van der Waals surface area (Å²) >= 11 is 0. The van der Waals surface area contributed by atoms with Crippen molar-refractivity contribution in [3.63, 3.8) is 0 Å². The van der Waals surface area contributed by atoms with E-state index in [1.54, 1.807) is 36.7 Å². The summed E-state index contributed by atoms with van der Waals surface area (Å²) < 4.78 is 14.0. The van der Waals surface area contributed by atoms with Crippen molar-refractivity contribution in [1.29, 1.82) is 0 Å². The SMILES string of the molecule is CCc1ccc(-c2cccnc2[C@H](Cc2cccc(F)c2)NC(=O)Cc2c[nH]c3ccc(O)cc23)cc1. The highest BCUT2D eigenvalue weighted by Gasteiger charge is 2.22. The zero-order valence-electron chi connectivity index (χ0n) is 20.5. The third kappa shape index (κ3) is 5.54. The average Bonchev–Trinajstić information content (AvgIpc) is 3.30. The van der Waals surface area contributed by atoms with Gasteiger partial charge in [0.1, 0.15) is 11.6 Å². The number of nitrogens with zero attached hydrogens (tertiary/aromatic N) is 1. The van der Waals surface area contributed by atoms with Crippen LogP contribution >= 0.6 is 0 Å². The first kappa shape index (κ1) is 24.3. The summed E-state index contributed by atoms with van der Waals surface area (Å²) in [5, 5.41) is 13.9. The fraction of sp³-hybridized carbons (Fsp3) is 0.161. The second-order valence-corrected chi connectivity index (χ2v) is 9.16. The first-order valence-corrected chi connectivity index (χ1v) is 12.4. The molecular formula is C31H28FN3O2. The second kappa shape index (κ2) is 10.7. The van der Waals surface area contributed by atoms with Crippen molar-refractivity contribution in [2.24, 2.45) is 0 Å². The van der Waals surface area contributed by atoms with E-state index in [-0.39, 0.29) is 23.9 Å². The van der Waals surface area contributed by atoms with Gasteiger partial charge in [-0.1, -0.05) is 49.4 Å². The van der Waals surface area contributed by atoms with Crippen LogP contribution in [0.1, 0.15) is 35.3 Å². The van der Waals surface area contributed by atoms with Gasteiger partial charge in [-0.2, -0.15) is 0 Å². The zero-order chi connectivity index (χ0) is 25.8. The van der Waals surface area contributed by atoms with Crippen molar-refractivity contribution >= 4 is 16.8 Å². The molecule has 0 radical (unpaired) electrons. The Kier molecular flexibility index (Phi) is 6.99. The highest BCUT2D eigenvalue weighted by Crippen LogP contribution is 2.30. The van der Waals surface area contributed by atoms with Crippen molar-refractivity contribution in [2.75, 3.05) is 0 Å². The quantitative estimate of drug-likeness (QED) is 0.238. The van der Waals surface area contributed by atoms with Gasteiger partial charge in [0, 0.05) is 28.9 Å². The summed E-state index contributed by atoms with van der Waals surface area (Å²) in [5.74, 6) is -0.369. The van der Waals surface area contributed by atoms with E-state index in [1.807, 2.05) is 18.2 Å². The molecule has 0 bridgehead atoms. The molecule has 0 aliphatic carbocycles. The molecule has 3 aromatic carbocycles. The monoisotopic (exact) mass is 493 g/mol. The molecule has 37 heavy (non-hydrogen) atoms. The number of phenolic OH excluding ortho intramolecular Hbond substituents is 1. The largest absolute Gasteiger partial charge is 0.508 e. The van der Waals surface area contributed by atoms with Crippen molar-refractivity contribution in [1.82, 2.24) is 15.3 Å². The van der Waals surface area contributed by atoms with Crippen LogP contribution < -0.4 is 5.32 Å². The van der Waals surface area contributed by atoms with Crippen LogP contribution in [0.2, 0.25) is 0 Å². The number of aromatic amines is 1. The first-order valence-electron chi connectivity index (χ1n) is 12.4. The lowest BCUT2D eigenvalue weighted by atomic mass is 9.94. The molecule has 5 nitrogen and oxygen atoms in total. The number of phenols is 1. The summed E-state index contributed by atoms with van der Waals surface area (Å²) in [6, 6.07) is 23.2. The van der Waals surface area contributed by atoms with Crippen molar-refractivity contribution in [2.45, 2.75) is 32.2 Å². The predicted molar refractivity (Wildman–Crippen MR) is 144 cm³/mol. The number of amides is 1. The number of nitrogens with one attached hydrogen (secondary N) is 2. The first-order chi connectivity index (χ1) is 18.0. The Hall–Kier alpha value is -4.45. The number of fused-ring (bicyclic) bond motifs is 1. The molecule has 2 heterocycles. The molecular weight excluding hydrogens is 465 g/mol. The molecule has 0 aliphatic rings. The Morgan fingerprint density at radius 3 is 2.65 bits per heavy atom. The molecule has 3 N–H and O–H groups in total. The van der Waals surface area contributed by atoms with Crippen LogP contribution in [0.15, 0.2) is 91.3 Å². The zero-order valence-corrected chi connectivity index (χ0v) is 20.5. The van der Waals surface area contributed by atoms with E-state index in [9.17, 15) is 14.3 Å². The number of rotatable bonds is 8. The summed E-state index contributed by atoms with van der Waals surface area (Å²) in [6.45, 7) is 2.12. The van der Waals surface area contributed by atoms with Crippen LogP contribution in [0.4, 0.5) is 4.39 Å². The molecule has 0 spiro atoms. The van der Waals surface area contributed by atoms with Crippen LogP contribution in [0, 0.1) is 5.82 Å². The molecule has 6 heteroatoms. The summed E-state index contributed by atoms with van der Waals surface area (Å²) in [4.78, 5) is 21.1. The van der Waals surface area contributed by atoms with Gasteiger partial charge >= 0.3 is 0 Å².